The van der Waals surface area contributed by atoms with E-state index in [2.05, 4.69) is 30.8 Å². The highest BCUT2D eigenvalue weighted by Crippen LogP contribution is 2.21. The molecule has 1 aromatic carbocycles. The number of hydrogen-bond donors (Lipinski definition) is 2. The number of nitrogens with zero attached hydrogens (tertiary/aromatic N) is 5. The van der Waals surface area contributed by atoms with E-state index in [0.29, 0.717) is 17.1 Å². The van der Waals surface area contributed by atoms with Crippen LogP contribution in [-0.2, 0) is 0 Å². The molecule has 0 saturated heterocycles. The van der Waals surface area contributed by atoms with Crippen molar-refractivity contribution >= 4 is 35.7 Å². The molecule has 34 heavy (non-hydrogen) atoms. The molecule has 0 aliphatic rings. The minimum atomic E-state index is -0.734. The second kappa shape index (κ2) is 10.6. The molecule has 174 valence electrons. The molecular formula is C23H21ClFN7O2. The molecule has 0 aliphatic heterocycles. The van der Waals surface area contributed by atoms with E-state index in [0.717, 1.165) is 6.07 Å². The second-order valence-electron chi connectivity index (χ2n) is 7.41. The molecule has 0 radical (unpaired) electrons. The molecule has 0 fully saturated rings. The van der Waals surface area contributed by atoms with Crippen molar-refractivity contribution in [3.63, 3.8) is 0 Å². The monoisotopic (exact) mass is 481 g/mol. The fourth-order valence-electron chi connectivity index (χ4n) is 3.09. The van der Waals surface area contributed by atoms with Gasteiger partial charge in [-0.3, -0.25) is 14.6 Å². The first-order chi connectivity index (χ1) is 15.9. The van der Waals surface area contributed by atoms with Crippen LogP contribution in [-0.4, -0.2) is 36.5 Å². The van der Waals surface area contributed by atoms with Crippen LogP contribution in [0.3, 0.4) is 0 Å². The topological polar surface area (TPSA) is 115 Å². The van der Waals surface area contributed by atoms with E-state index < -0.39 is 17.6 Å². The molecule has 4 rings (SSSR count). The minimum Gasteiger partial charge on any atom is -0.322 e. The van der Waals surface area contributed by atoms with E-state index in [-0.39, 0.29) is 35.5 Å². The van der Waals surface area contributed by atoms with E-state index in [1.165, 1.54) is 18.3 Å². The van der Waals surface area contributed by atoms with Gasteiger partial charge in [0.05, 0.1) is 11.1 Å². The number of hydrogen-bond acceptors (Lipinski definition) is 6. The van der Waals surface area contributed by atoms with Crippen molar-refractivity contribution in [1.82, 2.24) is 24.7 Å². The third-order valence-electron chi connectivity index (χ3n) is 4.74. The number of nitrogens with one attached hydrogen (secondary N) is 2. The Bertz CT molecular complexity index is 1310. The molecule has 0 bridgehead atoms. The van der Waals surface area contributed by atoms with E-state index in [4.69, 9.17) is 0 Å². The summed E-state index contributed by atoms with van der Waals surface area (Å²) in [5.74, 6) is -1.10. The van der Waals surface area contributed by atoms with Crippen molar-refractivity contribution < 1.29 is 14.0 Å². The number of carbonyl (C=O) groups is 2. The molecular weight excluding hydrogens is 461 g/mol. The second-order valence-corrected chi connectivity index (χ2v) is 7.41. The van der Waals surface area contributed by atoms with Crippen LogP contribution in [0.25, 0.3) is 11.5 Å². The Hall–Kier alpha value is -4.18. The quantitative estimate of drug-likeness (QED) is 0.422. The van der Waals surface area contributed by atoms with Crippen LogP contribution in [0.4, 0.5) is 15.9 Å². The lowest BCUT2D eigenvalue weighted by Crippen LogP contribution is -2.17. The van der Waals surface area contributed by atoms with Crippen LogP contribution in [0.5, 0.6) is 0 Å². The van der Waals surface area contributed by atoms with Gasteiger partial charge in [-0.1, -0.05) is 6.07 Å². The summed E-state index contributed by atoms with van der Waals surface area (Å²) in [6.07, 6.45) is 4.56. The number of carbonyl (C=O) groups excluding carboxylic acids is 2. The first-order valence-corrected chi connectivity index (χ1v) is 10.1. The van der Waals surface area contributed by atoms with Gasteiger partial charge in [0.25, 0.3) is 11.8 Å². The van der Waals surface area contributed by atoms with Crippen LogP contribution in [0, 0.1) is 5.82 Å². The van der Waals surface area contributed by atoms with Crippen LogP contribution in [0.15, 0.2) is 67.3 Å². The lowest BCUT2D eigenvalue weighted by atomic mass is 10.1. The summed E-state index contributed by atoms with van der Waals surface area (Å²) >= 11 is 0. The summed E-state index contributed by atoms with van der Waals surface area (Å²) in [7, 11) is 0. The van der Waals surface area contributed by atoms with Crippen LogP contribution >= 0.6 is 12.4 Å². The summed E-state index contributed by atoms with van der Waals surface area (Å²) in [4.78, 5) is 33.4. The van der Waals surface area contributed by atoms with Gasteiger partial charge in [-0.15, -0.1) is 22.6 Å². The Labute approximate surface area is 200 Å². The third-order valence-corrected chi connectivity index (χ3v) is 4.74. The van der Waals surface area contributed by atoms with Crippen molar-refractivity contribution in [3.8, 4) is 11.5 Å². The van der Waals surface area contributed by atoms with E-state index in [1.54, 1.807) is 42.9 Å². The van der Waals surface area contributed by atoms with E-state index >= 15 is 0 Å². The Kier molecular flexibility index (Phi) is 7.64. The average Bonchev–Trinajstić information content (AvgIpc) is 3.31. The predicted octanol–water partition coefficient (Wildman–Crippen LogP) is 4.38. The van der Waals surface area contributed by atoms with Crippen molar-refractivity contribution in [3.05, 3.63) is 84.2 Å². The average molecular weight is 482 g/mol. The van der Waals surface area contributed by atoms with Crippen molar-refractivity contribution in [2.75, 3.05) is 10.6 Å². The molecule has 0 aliphatic carbocycles. The highest BCUT2D eigenvalue weighted by molar-refractivity contribution is 6.07. The fourth-order valence-corrected chi connectivity index (χ4v) is 3.09. The van der Waals surface area contributed by atoms with Crippen LogP contribution in [0.1, 0.15) is 40.6 Å². The van der Waals surface area contributed by atoms with Gasteiger partial charge in [0.1, 0.15) is 23.7 Å². The zero-order valence-electron chi connectivity index (χ0n) is 18.3. The van der Waals surface area contributed by atoms with Gasteiger partial charge < -0.3 is 15.2 Å². The Morgan fingerprint density at radius 3 is 2.59 bits per heavy atom. The molecule has 11 heteroatoms. The molecule has 9 nitrogen and oxygen atoms in total. The molecule has 4 aromatic rings. The van der Waals surface area contributed by atoms with Crippen molar-refractivity contribution in [2.45, 2.75) is 19.9 Å². The zero-order chi connectivity index (χ0) is 23.4. The Morgan fingerprint density at radius 1 is 1.03 bits per heavy atom. The normalized spacial score (nSPS) is 10.5. The summed E-state index contributed by atoms with van der Waals surface area (Å²) in [6, 6.07) is 12.1. The highest BCUT2D eigenvalue weighted by atomic mass is 35.5. The van der Waals surface area contributed by atoms with E-state index in [1.807, 2.05) is 18.4 Å². The number of halogens is 2. The summed E-state index contributed by atoms with van der Waals surface area (Å²) in [5.41, 5.74) is 0.874. The summed E-state index contributed by atoms with van der Waals surface area (Å²) in [5, 5.41) is 13.2. The van der Waals surface area contributed by atoms with Gasteiger partial charge in [-0.2, -0.15) is 0 Å². The molecule has 3 aromatic heterocycles. The largest absolute Gasteiger partial charge is 0.322 e. The number of anilines is 2. The van der Waals surface area contributed by atoms with Gasteiger partial charge in [-0.05, 0) is 56.3 Å². The molecule has 3 heterocycles. The number of benzene rings is 1. The summed E-state index contributed by atoms with van der Waals surface area (Å²) in [6.45, 7) is 3.97. The van der Waals surface area contributed by atoms with Gasteiger partial charge in [-0.25, -0.2) is 9.37 Å². The van der Waals surface area contributed by atoms with Gasteiger partial charge >= 0.3 is 0 Å². The molecule has 0 spiro atoms. The maximum Gasteiger partial charge on any atom is 0.259 e. The zero-order valence-corrected chi connectivity index (χ0v) is 19.1. The van der Waals surface area contributed by atoms with Crippen LogP contribution in [0.2, 0.25) is 0 Å². The number of pyridine rings is 2. The number of aromatic nitrogens is 5. The van der Waals surface area contributed by atoms with Gasteiger partial charge in [0.2, 0.25) is 0 Å². The van der Waals surface area contributed by atoms with Gasteiger partial charge in [0, 0.05) is 24.1 Å². The van der Waals surface area contributed by atoms with Crippen molar-refractivity contribution in [2.24, 2.45) is 0 Å². The number of rotatable bonds is 6. The first kappa shape index (κ1) is 24.5. The summed E-state index contributed by atoms with van der Waals surface area (Å²) < 4.78 is 16.3. The molecule has 2 amide bonds. The lowest BCUT2D eigenvalue weighted by Gasteiger charge is -2.11. The van der Waals surface area contributed by atoms with Gasteiger partial charge in [0.15, 0.2) is 5.82 Å². The third kappa shape index (κ3) is 5.41. The molecule has 0 atom stereocenters. The van der Waals surface area contributed by atoms with Crippen molar-refractivity contribution in [1.29, 1.82) is 0 Å². The molecule has 2 N–H and O–H groups in total. The maximum atomic E-state index is 14.4. The number of amides is 2. The molecule has 0 unspecified atom stereocenters. The first-order valence-electron chi connectivity index (χ1n) is 10.1. The van der Waals surface area contributed by atoms with Crippen LogP contribution < -0.4 is 10.6 Å². The predicted molar refractivity (Wildman–Crippen MR) is 127 cm³/mol. The standard InChI is InChI=1S/C23H20FN7O2.ClH/c1-14(2)31-13-26-30-21(31)19-6-3-7-20(28-19)29-23(33)17-11-16(8-9-18(17)24)27-22(32)15-5-4-10-25-12-15;/h3-14H,1-2H3,(H,27,32)(H,28,29,33);1H. The smallest absolute Gasteiger partial charge is 0.259 e. The SMILES string of the molecule is CC(C)n1cnnc1-c1cccc(NC(=O)c2cc(NC(=O)c3cccnc3)ccc2F)n1.Cl. The highest BCUT2D eigenvalue weighted by Gasteiger charge is 2.16. The maximum absolute atomic E-state index is 14.4. The Morgan fingerprint density at radius 2 is 1.85 bits per heavy atom. The minimum absolute atomic E-state index is 0. The fraction of sp³-hybridized carbons (Fsp3) is 0.130. The Balaban J connectivity index is 0.00000324. The van der Waals surface area contributed by atoms with E-state index in [9.17, 15) is 14.0 Å². The lowest BCUT2D eigenvalue weighted by molar-refractivity contribution is 0.101. The molecule has 0 saturated carbocycles.